The molecular weight excluding hydrogens is 258 g/mol. The molecule has 1 aromatic heterocycles. The van der Waals surface area contributed by atoms with Gasteiger partial charge in [-0.15, -0.1) is 0 Å². The van der Waals surface area contributed by atoms with Gasteiger partial charge in [0.05, 0.1) is 0 Å². The van der Waals surface area contributed by atoms with Crippen LogP contribution in [-0.4, -0.2) is 18.1 Å². The molecule has 3 nitrogen and oxygen atoms in total. The van der Waals surface area contributed by atoms with Gasteiger partial charge in [-0.2, -0.15) is 0 Å². The highest BCUT2D eigenvalue weighted by Gasteiger charge is 2.31. The van der Waals surface area contributed by atoms with Crippen molar-refractivity contribution in [2.24, 2.45) is 11.1 Å². The lowest BCUT2D eigenvalue weighted by molar-refractivity contribution is 0.199. The first kappa shape index (κ1) is 16.3. The second-order valence-corrected chi connectivity index (χ2v) is 6.81. The molecule has 2 N–H and O–H groups in total. The fourth-order valence-corrected chi connectivity index (χ4v) is 3.34. The third-order valence-electron chi connectivity index (χ3n) is 5.37. The van der Waals surface area contributed by atoms with Crippen LogP contribution in [0.3, 0.4) is 0 Å². The van der Waals surface area contributed by atoms with Crippen molar-refractivity contribution in [3.63, 3.8) is 0 Å². The summed E-state index contributed by atoms with van der Waals surface area (Å²) in [4.78, 5) is 7.33. The monoisotopic (exact) mass is 289 g/mol. The third-order valence-corrected chi connectivity index (χ3v) is 5.37. The van der Waals surface area contributed by atoms with Crippen LogP contribution in [0.15, 0.2) is 12.1 Å². The highest BCUT2D eigenvalue weighted by molar-refractivity contribution is 5.44. The molecule has 0 saturated carbocycles. The van der Waals surface area contributed by atoms with Crippen LogP contribution >= 0.6 is 0 Å². The summed E-state index contributed by atoms with van der Waals surface area (Å²) in [6, 6.07) is 4.33. The number of aromatic nitrogens is 1. The van der Waals surface area contributed by atoms with Crippen LogP contribution in [-0.2, 0) is 6.54 Å². The van der Waals surface area contributed by atoms with E-state index < -0.39 is 0 Å². The van der Waals surface area contributed by atoms with E-state index in [-0.39, 0.29) is 0 Å². The van der Waals surface area contributed by atoms with Crippen molar-refractivity contribution in [3.8, 4) is 0 Å². The Kier molecular flexibility index (Phi) is 5.26. The van der Waals surface area contributed by atoms with E-state index in [9.17, 15) is 0 Å². The zero-order valence-electron chi connectivity index (χ0n) is 14.2. The SMILES string of the molecule is CCC1(CC)CCN(c2cc(CN)cc(C(C)C)n2)CC1. The molecule has 1 fully saturated rings. The number of nitrogens with zero attached hydrogens (tertiary/aromatic N) is 2. The van der Waals surface area contributed by atoms with Crippen molar-refractivity contribution in [2.45, 2.75) is 65.8 Å². The summed E-state index contributed by atoms with van der Waals surface area (Å²) in [6.07, 6.45) is 5.16. The number of hydrogen-bond acceptors (Lipinski definition) is 3. The molecule has 0 bridgehead atoms. The smallest absolute Gasteiger partial charge is 0.129 e. The molecule has 118 valence electrons. The van der Waals surface area contributed by atoms with Crippen LogP contribution in [0.2, 0.25) is 0 Å². The zero-order valence-corrected chi connectivity index (χ0v) is 14.2. The van der Waals surface area contributed by atoms with Crippen molar-refractivity contribution >= 4 is 5.82 Å². The molecule has 0 radical (unpaired) electrons. The fourth-order valence-electron chi connectivity index (χ4n) is 3.34. The highest BCUT2D eigenvalue weighted by atomic mass is 15.2. The van der Waals surface area contributed by atoms with E-state index in [0.717, 1.165) is 24.6 Å². The van der Waals surface area contributed by atoms with E-state index in [1.807, 2.05) is 0 Å². The molecule has 0 spiro atoms. The summed E-state index contributed by atoms with van der Waals surface area (Å²) in [5.74, 6) is 1.58. The molecule has 21 heavy (non-hydrogen) atoms. The van der Waals surface area contributed by atoms with Crippen LogP contribution in [0.1, 0.15) is 70.6 Å². The molecule has 1 aliphatic rings. The molecule has 2 rings (SSSR count). The Balaban J connectivity index is 2.18. The molecule has 1 aliphatic heterocycles. The van der Waals surface area contributed by atoms with Gasteiger partial charge in [0.1, 0.15) is 5.82 Å². The number of nitrogens with two attached hydrogens (primary N) is 1. The molecule has 0 amide bonds. The van der Waals surface area contributed by atoms with Gasteiger partial charge in [0.25, 0.3) is 0 Å². The lowest BCUT2D eigenvalue weighted by atomic mass is 9.74. The summed E-state index contributed by atoms with van der Waals surface area (Å²) in [7, 11) is 0. The fraction of sp³-hybridized carbons (Fsp3) is 0.722. The topological polar surface area (TPSA) is 42.1 Å². The predicted molar refractivity (Wildman–Crippen MR) is 90.7 cm³/mol. The normalized spacial score (nSPS) is 18.3. The molecule has 0 aromatic carbocycles. The standard InChI is InChI=1S/C18H31N3/c1-5-18(6-2)7-9-21(10-8-18)17-12-15(13-19)11-16(20-17)14(3)4/h11-12,14H,5-10,13,19H2,1-4H3. The van der Waals surface area contributed by atoms with E-state index in [0.29, 0.717) is 17.9 Å². The van der Waals surface area contributed by atoms with Gasteiger partial charge in [0, 0.05) is 25.3 Å². The maximum absolute atomic E-state index is 5.86. The Morgan fingerprint density at radius 1 is 1.19 bits per heavy atom. The Bertz CT molecular complexity index is 454. The largest absolute Gasteiger partial charge is 0.357 e. The molecular formula is C18H31N3. The highest BCUT2D eigenvalue weighted by Crippen LogP contribution is 2.39. The molecule has 0 atom stereocenters. The molecule has 0 aliphatic carbocycles. The summed E-state index contributed by atoms with van der Waals surface area (Å²) in [6.45, 7) is 11.9. The average Bonchev–Trinajstić information content (AvgIpc) is 2.54. The van der Waals surface area contributed by atoms with Gasteiger partial charge < -0.3 is 10.6 Å². The first-order valence-electron chi connectivity index (χ1n) is 8.49. The maximum atomic E-state index is 5.86. The summed E-state index contributed by atoms with van der Waals surface area (Å²) < 4.78 is 0. The second kappa shape index (κ2) is 6.78. The van der Waals surface area contributed by atoms with Gasteiger partial charge in [0.2, 0.25) is 0 Å². The van der Waals surface area contributed by atoms with Gasteiger partial charge >= 0.3 is 0 Å². The third kappa shape index (κ3) is 3.57. The number of rotatable bonds is 5. The minimum absolute atomic E-state index is 0.449. The van der Waals surface area contributed by atoms with Crippen LogP contribution in [0, 0.1) is 5.41 Å². The maximum Gasteiger partial charge on any atom is 0.129 e. The lowest BCUT2D eigenvalue weighted by Gasteiger charge is -2.41. The van der Waals surface area contributed by atoms with Crippen LogP contribution < -0.4 is 10.6 Å². The van der Waals surface area contributed by atoms with E-state index >= 15 is 0 Å². The van der Waals surface area contributed by atoms with Gasteiger partial charge in [-0.3, -0.25) is 0 Å². The summed E-state index contributed by atoms with van der Waals surface area (Å²) in [5.41, 5.74) is 8.78. The molecule has 1 saturated heterocycles. The van der Waals surface area contributed by atoms with Crippen molar-refractivity contribution in [2.75, 3.05) is 18.0 Å². The number of hydrogen-bond donors (Lipinski definition) is 1. The van der Waals surface area contributed by atoms with Crippen LogP contribution in [0.5, 0.6) is 0 Å². The first-order chi connectivity index (χ1) is 10.0. The summed E-state index contributed by atoms with van der Waals surface area (Å²) in [5, 5.41) is 0. The predicted octanol–water partition coefficient (Wildman–Crippen LogP) is 4.07. The molecule has 1 aromatic rings. The molecule has 2 heterocycles. The molecule has 3 heteroatoms. The van der Waals surface area contributed by atoms with Gasteiger partial charge in [-0.25, -0.2) is 4.98 Å². The van der Waals surface area contributed by atoms with Gasteiger partial charge in [-0.1, -0.05) is 40.5 Å². The van der Waals surface area contributed by atoms with Gasteiger partial charge in [-0.05, 0) is 41.9 Å². The molecule has 0 unspecified atom stereocenters. The van der Waals surface area contributed by atoms with E-state index in [1.165, 1.54) is 31.2 Å². The Morgan fingerprint density at radius 2 is 1.81 bits per heavy atom. The van der Waals surface area contributed by atoms with Crippen LogP contribution in [0.4, 0.5) is 5.82 Å². The quantitative estimate of drug-likeness (QED) is 0.888. The van der Waals surface area contributed by atoms with E-state index in [4.69, 9.17) is 10.7 Å². The van der Waals surface area contributed by atoms with Crippen molar-refractivity contribution in [1.29, 1.82) is 0 Å². The Morgan fingerprint density at radius 3 is 2.29 bits per heavy atom. The Hall–Kier alpha value is -1.09. The second-order valence-electron chi connectivity index (χ2n) is 6.81. The van der Waals surface area contributed by atoms with Crippen LogP contribution in [0.25, 0.3) is 0 Å². The van der Waals surface area contributed by atoms with Crippen molar-refractivity contribution in [3.05, 3.63) is 23.4 Å². The number of anilines is 1. The van der Waals surface area contributed by atoms with E-state index in [2.05, 4.69) is 44.7 Å². The zero-order chi connectivity index (χ0) is 15.5. The number of pyridine rings is 1. The first-order valence-corrected chi connectivity index (χ1v) is 8.49. The van der Waals surface area contributed by atoms with Crippen molar-refractivity contribution < 1.29 is 0 Å². The van der Waals surface area contributed by atoms with E-state index in [1.54, 1.807) is 0 Å². The van der Waals surface area contributed by atoms with Crippen molar-refractivity contribution in [1.82, 2.24) is 4.98 Å². The van der Waals surface area contributed by atoms with Gasteiger partial charge in [0.15, 0.2) is 0 Å². The summed E-state index contributed by atoms with van der Waals surface area (Å²) >= 11 is 0. The Labute approximate surface area is 129 Å². The average molecular weight is 289 g/mol. The lowest BCUT2D eigenvalue weighted by Crippen LogP contribution is -2.40. The minimum atomic E-state index is 0.449. The number of piperidine rings is 1. The minimum Gasteiger partial charge on any atom is -0.357 e.